The molecule has 2 heterocycles. The Morgan fingerprint density at radius 3 is 2.05 bits per heavy atom. The van der Waals surface area contributed by atoms with Crippen LogP contribution in [0, 0.1) is 0 Å². The highest BCUT2D eigenvalue weighted by Gasteiger charge is 2.57. The lowest BCUT2D eigenvalue weighted by Gasteiger charge is -2.42. The Kier molecular flexibility index (Phi) is 8.04. The third-order valence-electron chi connectivity index (χ3n) is 8.11. The number of carbonyl (C=O) groups is 2. The fourth-order valence-electron chi connectivity index (χ4n) is 5.75. The second-order valence-electron chi connectivity index (χ2n) is 13.0. The highest BCUT2D eigenvalue weighted by Crippen LogP contribution is 2.45. The normalized spacial score (nSPS) is 20.0. The van der Waals surface area contributed by atoms with E-state index in [0.717, 1.165) is 23.3 Å². The molecule has 2 aromatic carbocycles. The van der Waals surface area contributed by atoms with E-state index in [2.05, 4.69) is 69.1 Å². The van der Waals surface area contributed by atoms with Gasteiger partial charge < -0.3 is 19.3 Å². The van der Waals surface area contributed by atoms with Crippen LogP contribution in [0.4, 0.5) is 4.79 Å². The van der Waals surface area contributed by atoms with Crippen LogP contribution in [-0.4, -0.2) is 71.6 Å². The highest BCUT2D eigenvalue weighted by atomic mass is 16.6. The summed E-state index contributed by atoms with van der Waals surface area (Å²) in [5, 5.41) is 0. The molecule has 1 atom stereocenters. The van der Waals surface area contributed by atoms with Crippen molar-refractivity contribution >= 4 is 12.0 Å². The molecule has 2 amide bonds. The quantitative estimate of drug-likeness (QED) is 0.486. The number of amides is 2. The van der Waals surface area contributed by atoms with Crippen molar-refractivity contribution < 1.29 is 19.1 Å². The molecular formula is C32H45N3O4. The molecule has 0 bridgehead atoms. The lowest BCUT2D eigenvalue weighted by molar-refractivity contribution is -0.135. The molecule has 0 N–H and O–H groups in total. The smallest absolute Gasteiger partial charge is 0.410 e. The summed E-state index contributed by atoms with van der Waals surface area (Å²) in [6, 6.07) is 16.8. The summed E-state index contributed by atoms with van der Waals surface area (Å²) < 4.78 is 10.9. The highest BCUT2D eigenvalue weighted by molar-refractivity contribution is 5.89. The molecule has 4 rings (SSSR count). The molecule has 7 heteroatoms. The first kappa shape index (κ1) is 28.9. The van der Waals surface area contributed by atoms with Crippen molar-refractivity contribution in [3.63, 3.8) is 0 Å². The Labute approximate surface area is 234 Å². The van der Waals surface area contributed by atoms with Crippen LogP contribution in [0.5, 0.6) is 5.75 Å². The van der Waals surface area contributed by atoms with Gasteiger partial charge in [-0.05, 0) is 81.3 Å². The summed E-state index contributed by atoms with van der Waals surface area (Å²) in [5.41, 5.74) is 2.40. The maximum absolute atomic E-state index is 14.3. The number of carbonyl (C=O) groups excluding carboxylic acids is 2. The lowest BCUT2D eigenvalue weighted by atomic mass is 9.85. The summed E-state index contributed by atoms with van der Waals surface area (Å²) in [4.78, 5) is 33.0. The zero-order chi connectivity index (χ0) is 28.6. The minimum atomic E-state index is -0.647. The molecule has 7 nitrogen and oxygen atoms in total. The third kappa shape index (κ3) is 6.08. The van der Waals surface area contributed by atoms with Crippen molar-refractivity contribution in [3.05, 3.63) is 65.2 Å². The van der Waals surface area contributed by atoms with Crippen molar-refractivity contribution in [2.75, 3.05) is 33.8 Å². The van der Waals surface area contributed by atoms with E-state index < -0.39 is 11.1 Å². The average Bonchev–Trinajstić information content (AvgIpc) is 3.08. The van der Waals surface area contributed by atoms with Crippen molar-refractivity contribution in [2.24, 2.45) is 0 Å². The maximum Gasteiger partial charge on any atom is 0.410 e. The number of likely N-dealkylation sites (tertiary alicyclic amines) is 1. The van der Waals surface area contributed by atoms with Crippen molar-refractivity contribution in [3.8, 4) is 5.75 Å². The van der Waals surface area contributed by atoms with Gasteiger partial charge in [-0.15, -0.1) is 0 Å². The maximum atomic E-state index is 14.3. The Balaban J connectivity index is 1.59. The van der Waals surface area contributed by atoms with E-state index in [4.69, 9.17) is 9.47 Å². The van der Waals surface area contributed by atoms with Gasteiger partial charge in [0.15, 0.2) is 0 Å². The van der Waals surface area contributed by atoms with Gasteiger partial charge in [-0.2, -0.15) is 0 Å². The van der Waals surface area contributed by atoms with E-state index in [0.29, 0.717) is 32.5 Å². The predicted molar refractivity (Wildman–Crippen MR) is 154 cm³/mol. The first-order valence-electron chi connectivity index (χ1n) is 14.0. The summed E-state index contributed by atoms with van der Waals surface area (Å²) >= 11 is 0. The molecule has 0 aromatic heterocycles. The molecule has 0 saturated carbocycles. The van der Waals surface area contributed by atoms with Crippen LogP contribution in [-0.2, 0) is 21.4 Å². The number of rotatable bonds is 5. The third-order valence-corrected chi connectivity index (χ3v) is 8.11. The number of piperidine rings is 1. The number of nitrogens with zero attached hydrogens (tertiary/aromatic N) is 3. The molecule has 0 radical (unpaired) electrons. The van der Waals surface area contributed by atoms with E-state index in [1.807, 2.05) is 37.8 Å². The molecule has 2 aliphatic rings. The molecule has 212 valence electrons. The van der Waals surface area contributed by atoms with Gasteiger partial charge in [0, 0.05) is 19.6 Å². The van der Waals surface area contributed by atoms with E-state index in [9.17, 15) is 9.59 Å². The van der Waals surface area contributed by atoms with Crippen LogP contribution in [0.2, 0.25) is 0 Å². The molecule has 1 spiro atoms. The van der Waals surface area contributed by atoms with Gasteiger partial charge in [-0.1, -0.05) is 57.2 Å². The van der Waals surface area contributed by atoms with Gasteiger partial charge in [0.25, 0.3) is 0 Å². The number of likely N-dealkylation sites (N-methyl/N-ethyl adjacent to an activating group) is 1. The van der Waals surface area contributed by atoms with E-state index in [-0.39, 0.29) is 23.6 Å². The molecule has 2 aliphatic heterocycles. The topological polar surface area (TPSA) is 62.3 Å². The van der Waals surface area contributed by atoms with Gasteiger partial charge >= 0.3 is 6.09 Å². The fraction of sp³-hybridized carbons (Fsp3) is 0.562. The van der Waals surface area contributed by atoms with Crippen molar-refractivity contribution in [2.45, 2.75) is 83.5 Å². The molecule has 0 aliphatic carbocycles. The van der Waals surface area contributed by atoms with Crippen LogP contribution < -0.4 is 4.74 Å². The summed E-state index contributed by atoms with van der Waals surface area (Å²) in [5.74, 6) is 0.968. The Bertz CT molecular complexity index is 1150. The second-order valence-corrected chi connectivity index (χ2v) is 13.0. The largest absolute Gasteiger partial charge is 0.497 e. The van der Waals surface area contributed by atoms with Gasteiger partial charge in [0.05, 0.1) is 7.11 Å². The van der Waals surface area contributed by atoms with Crippen LogP contribution in [0.1, 0.15) is 77.2 Å². The summed E-state index contributed by atoms with van der Waals surface area (Å²) in [6.07, 6.45) is 1.43. The Hall–Kier alpha value is -3.06. The minimum absolute atomic E-state index is 0.0553. The van der Waals surface area contributed by atoms with E-state index in [1.54, 1.807) is 12.0 Å². The predicted octanol–water partition coefficient (Wildman–Crippen LogP) is 5.78. The van der Waals surface area contributed by atoms with E-state index in [1.165, 1.54) is 5.56 Å². The molecular weight excluding hydrogens is 490 g/mol. The number of hydrogen-bond acceptors (Lipinski definition) is 5. The summed E-state index contributed by atoms with van der Waals surface area (Å²) in [6.45, 7) is 13.9. The van der Waals surface area contributed by atoms with Gasteiger partial charge in [0.1, 0.15) is 23.1 Å². The van der Waals surface area contributed by atoms with Gasteiger partial charge in [-0.3, -0.25) is 9.69 Å². The minimum Gasteiger partial charge on any atom is -0.497 e. The molecule has 2 aromatic rings. The number of ether oxygens (including phenoxy) is 2. The standard InChI is InChI=1S/C32H45N3O4/c1-30(2,3)25-13-11-24(12-14-25)27-33(7)32(18-21-34(22-19-32)29(37)39-31(4,5)6)28(36)35(27)20-17-23-9-15-26(38-8)16-10-23/h9-16,27H,17-22H2,1-8H3. The Morgan fingerprint density at radius 1 is 0.949 bits per heavy atom. The van der Waals surface area contributed by atoms with Gasteiger partial charge in [0.2, 0.25) is 5.91 Å². The SMILES string of the molecule is COc1ccc(CCN2C(=O)C3(CCN(C(=O)OC(C)(C)C)CC3)N(C)C2c2ccc(C(C)(C)C)cc2)cc1. The first-order valence-corrected chi connectivity index (χ1v) is 14.0. The monoisotopic (exact) mass is 535 g/mol. The van der Waals surface area contributed by atoms with Crippen molar-refractivity contribution in [1.29, 1.82) is 0 Å². The van der Waals surface area contributed by atoms with Crippen LogP contribution in [0.15, 0.2) is 48.5 Å². The number of benzene rings is 2. The Morgan fingerprint density at radius 2 is 1.54 bits per heavy atom. The fourth-order valence-corrected chi connectivity index (χ4v) is 5.75. The molecule has 39 heavy (non-hydrogen) atoms. The van der Waals surface area contributed by atoms with Crippen molar-refractivity contribution in [1.82, 2.24) is 14.7 Å². The molecule has 2 saturated heterocycles. The van der Waals surface area contributed by atoms with Crippen LogP contribution in [0.25, 0.3) is 0 Å². The number of hydrogen-bond donors (Lipinski definition) is 0. The van der Waals surface area contributed by atoms with E-state index >= 15 is 0 Å². The number of methoxy groups -OCH3 is 1. The average molecular weight is 536 g/mol. The summed E-state index contributed by atoms with van der Waals surface area (Å²) in [7, 11) is 3.73. The zero-order valence-corrected chi connectivity index (χ0v) is 24.9. The second kappa shape index (κ2) is 10.8. The van der Waals surface area contributed by atoms with Crippen LogP contribution >= 0.6 is 0 Å². The van der Waals surface area contributed by atoms with Gasteiger partial charge in [-0.25, -0.2) is 4.79 Å². The first-order chi connectivity index (χ1) is 18.2. The van der Waals surface area contributed by atoms with Crippen LogP contribution in [0.3, 0.4) is 0 Å². The zero-order valence-electron chi connectivity index (χ0n) is 24.9. The molecule has 1 unspecified atom stereocenters. The molecule has 2 fully saturated rings. The lowest BCUT2D eigenvalue weighted by Crippen LogP contribution is -2.56.